The Labute approximate surface area is 92.5 Å². The second-order valence-electron chi connectivity index (χ2n) is 4.90. The molecular weight excluding hydrogens is 188 g/mol. The fourth-order valence-electron chi connectivity index (χ4n) is 3.18. The van der Waals surface area contributed by atoms with Crippen LogP contribution in [0.3, 0.4) is 0 Å². The number of hydrogen-bond acceptors (Lipinski definition) is 1. The Hall–Kier alpha value is 0.0900. The van der Waals surface area contributed by atoms with Gasteiger partial charge in [-0.05, 0) is 49.2 Å². The van der Waals surface area contributed by atoms with Gasteiger partial charge in [0.1, 0.15) is 0 Å². The molecule has 2 saturated carbocycles. The van der Waals surface area contributed by atoms with E-state index in [2.05, 4.69) is 31.3 Å². The lowest BCUT2D eigenvalue weighted by Gasteiger charge is -2.26. The first kappa shape index (κ1) is 10.6. The maximum Gasteiger partial charge on any atom is 0.00836 e. The van der Waals surface area contributed by atoms with Crippen molar-refractivity contribution in [1.29, 1.82) is 0 Å². The smallest absolute Gasteiger partial charge is 0.00836 e. The van der Waals surface area contributed by atoms with Crippen LogP contribution < -0.4 is 0 Å². The summed E-state index contributed by atoms with van der Waals surface area (Å²) in [5.41, 5.74) is 0. The van der Waals surface area contributed by atoms with Crippen molar-refractivity contribution in [3.05, 3.63) is 12.7 Å². The molecule has 0 aromatic heterocycles. The molecule has 0 aliphatic heterocycles. The molecule has 2 bridgehead atoms. The molecule has 2 fully saturated rings. The SMILES string of the molecule is C=CC1CC2CC(SCCCC)C1C2. The quantitative estimate of drug-likeness (QED) is 0.486. The third kappa shape index (κ3) is 2.03. The summed E-state index contributed by atoms with van der Waals surface area (Å²) >= 11 is 2.24. The van der Waals surface area contributed by atoms with Gasteiger partial charge in [-0.2, -0.15) is 11.8 Å². The van der Waals surface area contributed by atoms with Crippen LogP contribution in [0, 0.1) is 17.8 Å². The topological polar surface area (TPSA) is 0 Å². The average Bonchev–Trinajstić information content (AvgIpc) is 2.76. The van der Waals surface area contributed by atoms with Crippen LogP contribution >= 0.6 is 11.8 Å². The van der Waals surface area contributed by atoms with Crippen LogP contribution in [0.4, 0.5) is 0 Å². The van der Waals surface area contributed by atoms with Gasteiger partial charge in [-0.1, -0.05) is 19.4 Å². The van der Waals surface area contributed by atoms with E-state index >= 15 is 0 Å². The fraction of sp³-hybridized carbons (Fsp3) is 0.846. The lowest BCUT2D eigenvalue weighted by atomic mass is 9.89. The van der Waals surface area contributed by atoms with Gasteiger partial charge in [-0.25, -0.2) is 0 Å². The predicted octanol–water partition coefficient (Wildman–Crippen LogP) is 4.12. The number of thioether (sulfide) groups is 1. The minimum Gasteiger partial charge on any atom is -0.158 e. The van der Waals surface area contributed by atoms with Crippen molar-refractivity contribution in [3.63, 3.8) is 0 Å². The van der Waals surface area contributed by atoms with Crippen molar-refractivity contribution in [1.82, 2.24) is 0 Å². The van der Waals surface area contributed by atoms with E-state index in [4.69, 9.17) is 0 Å². The van der Waals surface area contributed by atoms with Crippen LogP contribution in [0.2, 0.25) is 0 Å². The maximum atomic E-state index is 3.98. The van der Waals surface area contributed by atoms with E-state index in [-0.39, 0.29) is 0 Å². The Bertz CT molecular complexity index is 199. The molecule has 0 N–H and O–H groups in total. The van der Waals surface area contributed by atoms with Gasteiger partial charge < -0.3 is 0 Å². The van der Waals surface area contributed by atoms with Gasteiger partial charge in [0.2, 0.25) is 0 Å². The molecular formula is C13H22S. The summed E-state index contributed by atoms with van der Waals surface area (Å²) in [5.74, 6) is 4.27. The van der Waals surface area contributed by atoms with Crippen molar-refractivity contribution < 1.29 is 0 Å². The molecule has 0 spiro atoms. The van der Waals surface area contributed by atoms with Crippen LogP contribution in [0.5, 0.6) is 0 Å². The fourth-order valence-corrected chi connectivity index (χ4v) is 4.91. The highest BCUT2D eigenvalue weighted by atomic mass is 32.2. The molecule has 4 atom stereocenters. The molecule has 4 unspecified atom stereocenters. The normalized spacial score (nSPS) is 40.4. The average molecular weight is 210 g/mol. The molecule has 1 heteroatoms. The minimum atomic E-state index is 0.855. The second-order valence-corrected chi connectivity index (χ2v) is 6.25. The first-order valence-corrected chi connectivity index (χ1v) is 7.14. The zero-order valence-electron chi connectivity index (χ0n) is 9.24. The van der Waals surface area contributed by atoms with Gasteiger partial charge in [0, 0.05) is 5.25 Å². The number of allylic oxidation sites excluding steroid dienone is 1. The van der Waals surface area contributed by atoms with E-state index in [1.807, 2.05) is 0 Å². The third-order valence-electron chi connectivity index (χ3n) is 3.94. The molecule has 2 rings (SSSR count). The van der Waals surface area contributed by atoms with E-state index < -0.39 is 0 Å². The Morgan fingerprint density at radius 2 is 2.21 bits per heavy atom. The number of unbranched alkanes of at least 4 members (excludes halogenated alkanes) is 1. The summed E-state index contributed by atoms with van der Waals surface area (Å²) in [6.07, 6.45) is 9.41. The van der Waals surface area contributed by atoms with Crippen LogP contribution in [0.25, 0.3) is 0 Å². The molecule has 2 aliphatic carbocycles. The van der Waals surface area contributed by atoms with Crippen LogP contribution in [0.1, 0.15) is 39.0 Å². The Morgan fingerprint density at radius 1 is 1.36 bits per heavy atom. The Morgan fingerprint density at radius 3 is 2.86 bits per heavy atom. The summed E-state index contributed by atoms with van der Waals surface area (Å²) in [7, 11) is 0. The van der Waals surface area contributed by atoms with Gasteiger partial charge in [0.25, 0.3) is 0 Å². The molecule has 14 heavy (non-hydrogen) atoms. The number of fused-ring (bicyclic) bond motifs is 2. The first-order valence-electron chi connectivity index (χ1n) is 6.09. The summed E-state index contributed by atoms with van der Waals surface area (Å²) < 4.78 is 0. The monoisotopic (exact) mass is 210 g/mol. The van der Waals surface area contributed by atoms with Gasteiger partial charge >= 0.3 is 0 Å². The summed E-state index contributed by atoms with van der Waals surface area (Å²) in [6, 6.07) is 0. The Kier molecular flexibility index (Phi) is 3.59. The van der Waals surface area contributed by atoms with Gasteiger partial charge in [0.05, 0.1) is 0 Å². The van der Waals surface area contributed by atoms with Crippen molar-refractivity contribution in [2.24, 2.45) is 17.8 Å². The molecule has 2 aliphatic rings. The highest BCUT2D eigenvalue weighted by Gasteiger charge is 2.44. The van der Waals surface area contributed by atoms with E-state index in [0.717, 1.165) is 23.0 Å². The third-order valence-corrected chi connectivity index (χ3v) is 5.43. The molecule has 0 nitrogen and oxygen atoms in total. The standard InChI is InChI=1S/C13H22S/c1-3-5-6-14-13-9-10-7-11(4-2)12(13)8-10/h4,10-13H,2-3,5-9H2,1H3. The van der Waals surface area contributed by atoms with Gasteiger partial charge in [0.15, 0.2) is 0 Å². The number of rotatable bonds is 5. The van der Waals surface area contributed by atoms with Crippen molar-refractivity contribution in [3.8, 4) is 0 Å². The summed E-state index contributed by atoms with van der Waals surface area (Å²) in [6.45, 7) is 6.27. The lowest BCUT2D eigenvalue weighted by Crippen LogP contribution is -2.21. The van der Waals surface area contributed by atoms with Crippen LogP contribution in [0.15, 0.2) is 12.7 Å². The Balaban J connectivity index is 1.81. The molecule has 0 radical (unpaired) electrons. The molecule has 80 valence electrons. The van der Waals surface area contributed by atoms with Crippen molar-refractivity contribution >= 4 is 11.8 Å². The van der Waals surface area contributed by atoms with Crippen molar-refractivity contribution in [2.45, 2.75) is 44.3 Å². The first-order chi connectivity index (χ1) is 6.85. The predicted molar refractivity (Wildman–Crippen MR) is 65.7 cm³/mol. The molecule has 0 aromatic rings. The van der Waals surface area contributed by atoms with Gasteiger partial charge in [-0.3, -0.25) is 0 Å². The van der Waals surface area contributed by atoms with Crippen LogP contribution in [-0.2, 0) is 0 Å². The van der Waals surface area contributed by atoms with E-state index in [1.54, 1.807) is 0 Å². The second kappa shape index (κ2) is 4.74. The largest absolute Gasteiger partial charge is 0.158 e. The highest BCUT2D eigenvalue weighted by Crippen LogP contribution is 2.53. The lowest BCUT2D eigenvalue weighted by molar-refractivity contribution is 0.405. The summed E-state index contributed by atoms with van der Waals surface area (Å²) in [5, 5.41) is 0.975. The van der Waals surface area contributed by atoms with E-state index in [0.29, 0.717) is 0 Å². The molecule has 0 amide bonds. The molecule has 0 heterocycles. The maximum absolute atomic E-state index is 3.98. The highest BCUT2D eigenvalue weighted by molar-refractivity contribution is 7.99. The zero-order chi connectivity index (χ0) is 9.97. The van der Waals surface area contributed by atoms with E-state index in [1.165, 1.54) is 37.9 Å². The minimum absolute atomic E-state index is 0.855. The van der Waals surface area contributed by atoms with E-state index in [9.17, 15) is 0 Å². The molecule has 0 aromatic carbocycles. The van der Waals surface area contributed by atoms with Crippen LogP contribution in [-0.4, -0.2) is 11.0 Å². The zero-order valence-corrected chi connectivity index (χ0v) is 10.1. The molecule has 0 saturated heterocycles. The van der Waals surface area contributed by atoms with Gasteiger partial charge in [-0.15, -0.1) is 6.58 Å². The number of hydrogen-bond donors (Lipinski definition) is 0. The summed E-state index contributed by atoms with van der Waals surface area (Å²) in [4.78, 5) is 0. The van der Waals surface area contributed by atoms with Crippen molar-refractivity contribution in [2.75, 3.05) is 5.75 Å².